The van der Waals surface area contributed by atoms with E-state index in [1.807, 2.05) is 12.1 Å². The van der Waals surface area contributed by atoms with Crippen LogP contribution >= 0.6 is 23.4 Å². The molecule has 1 aromatic carbocycles. The molecule has 0 aliphatic heterocycles. The zero-order valence-corrected chi connectivity index (χ0v) is 12.5. The smallest absolute Gasteiger partial charge is 0.327 e. The van der Waals surface area contributed by atoms with E-state index in [0.717, 1.165) is 0 Å². The van der Waals surface area contributed by atoms with E-state index in [1.54, 1.807) is 12.1 Å². The molecule has 5 nitrogen and oxygen atoms in total. The Bertz CT molecular complexity index is 469. The third-order valence-electron chi connectivity index (χ3n) is 2.28. The molecule has 0 bridgehead atoms. The molecular weight excluding hydrogens is 302 g/mol. The maximum atomic E-state index is 10.9. The van der Waals surface area contributed by atoms with E-state index in [-0.39, 0.29) is 5.91 Å². The first-order valence-electron chi connectivity index (χ1n) is 5.95. The predicted octanol–water partition coefficient (Wildman–Crippen LogP) is 2.04. The molecule has 0 spiro atoms. The first-order chi connectivity index (χ1) is 9.50. The summed E-state index contributed by atoms with van der Waals surface area (Å²) in [5, 5.41) is 11.8. The van der Waals surface area contributed by atoms with Gasteiger partial charge in [0.25, 0.3) is 0 Å². The van der Waals surface area contributed by atoms with Gasteiger partial charge in [-0.05, 0) is 12.1 Å². The largest absolute Gasteiger partial charge is 0.491 e. The van der Waals surface area contributed by atoms with Crippen molar-refractivity contribution in [3.63, 3.8) is 0 Å². The van der Waals surface area contributed by atoms with Crippen molar-refractivity contribution >= 4 is 35.2 Å². The molecule has 0 saturated heterocycles. The highest BCUT2D eigenvalue weighted by molar-refractivity contribution is 7.99. The highest BCUT2D eigenvalue weighted by atomic mass is 35.5. The summed E-state index contributed by atoms with van der Waals surface area (Å²) in [6, 6.07) is 6.27. The summed E-state index contributed by atoms with van der Waals surface area (Å²) in [4.78, 5) is 21.7. The minimum atomic E-state index is -1.04. The molecule has 0 aliphatic carbocycles. The number of rotatable bonds is 8. The van der Waals surface area contributed by atoms with Crippen LogP contribution in [-0.2, 0) is 9.59 Å². The van der Waals surface area contributed by atoms with Gasteiger partial charge in [0, 0.05) is 18.4 Å². The number of nitrogens with one attached hydrogen (secondary N) is 1. The number of benzene rings is 1. The third kappa shape index (κ3) is 6.16. The molecule has 110 valence electrons. The van der Waals surface area contributed by atoms with E-state index in [2.05, 4.69) is 5.32 Å². The number of halogens is 1. The zero-order valence-electron chi connectivity index (χ0n) is 11.0. The van der Waals surface area contributed by atoms with Crippen LogP contribution in [0.15, 0.2) is 24.3 Å². The van der Waals surface area contributed by atoms with Gasteiger partial charge in [0.05, 0.1) is 11.6 Å². The number of carboxylic acid groups (broad SMARTS) is 1. The fourth-order valence-electron chi connectivity index (χ4n) is 1.39. The van der Waals surface area contributed by atoms with Crippen LogP contribution in [0.25, 0.3) is 0 Å². The Kier molecular flexibility index (Phi) is 7.25. The fraction of sp³-hybridized carbons (Fsp3) is 0.385. The van der Waals surface area contributed by atoms with Crippen molar-refractivity contribution in [2.45, 2.75) is 13.0 Å². The second-order valence-corrected chi connectivity index (χ2v) is 5.50. The number of hydrogen-bond donors (Lipinski definition) is 2. The van der Waals surface area contributed by atoms with Crippen molar-refractivity contribution < 1.29 is 19.4 Å². The van der Waals surface area contributed by atoms with E-state index in [1.165, 1.54) is 18.7 Å². The van der Waals surface area contributed by atoms with E-state index in [4.69, 9.17) is 21.4 Å². The lowest BCUT2D eigenvalue weighted by Crippen LogP contribution is -2.41. The molecule has 0 heterocycles. The molecule has 1 atom stereocenters. The Morgan fingerprint density at radius 3 is 2.75 bits per heavy atom. The monoisotopic (exact) mass is 317 g/mol. The van der Waals surface area contributed by atoms with Gasteiger partial charge in [-0.1, -0.05) is 23.7 Å². The molecule has 0 fully saturated rings. The topological polar surface area (TPSA) is 75.6 Å². The van der Waals surface area contributed by atoms with Gasteiger partial charge in [-0.3, -0.25) is 4.79 Å². The summed E-state index contributed by atoms with van der Waals surface area (Å²) in [6.45, 7) is 1.71. The summed E-state index contributed by atoms with van der Waals surface area (Å²) in [5.74, 6) is 0.103. The average molecular weight is 318 g/mol. The van der Waals surface area contributed by atoms with Gasteiger partial charge in [-0.15, -0.1) is 0 Å². The van der Waals surface area contributed by atoms with Crippen LogP contribution in [0.5, 0.6) is 5.75 Å². The SMILES string of the molecule is CC(=O)NC(CSCCOc1ccccc1Cl)C(=O)O. The van der Waals surface area contributed by atoms with Crippen LogP contribution in [0.3, 0.4) is 0 Å². The third-order valence-corrected chi connectivity index (χ3v) is 3.62. The number of carbonyl (C=O) groups excluding carboxylic acids is 1. The first kappa shape index (κ1) is 16.7. The lowest BCUT2D eigenvalue weighted by Gasteiger charge is -2.13. The fourth-order valence-corrected chi connectivity index (χ4v) is 2.41. The van der Waals surface area contributed by atoms with Crippen molar-refractivity contribution in [3.05, 3.63) is 29.3 Å². The number of thioether (sulfide) groups is 1. The zero-order chi connectivity index (χ0) is 15.0. The Hall–Kier alpha value is -1.40. The summed E-state index contributed by atoms with van der Waals surface area (Å²) in [6.07, 6.45) is 0. The Labute approximate surface area is 126 Å². The number of ether oxygens (including phenoxy) is 1. The van der Waals surface area contributed by atoms with Crippen molar-refractivity contribution in [1.29, 1.82) is 0 Å². The van der Waals surface area contributed by atoms with Crippen LogP contribution in [0.4, 0.5) is 0 Å². The lowest BCUT2D eigenvalue weighted by atomic mass is 10.3. The van der Waals surface area contributed by atoms with Crippen LogP contribution in [0, 0.1) is 0 Å². The summed E-state index contributed by atoms with van der Waals surface area (Å²) >= 11 is 7.32. The number of aliphatic carboxylic acids is 1. The quantitative estimate of drug-likeness (QED) is 0.718. The summed E-state index contributed by atoms with van der Waals surface area (Å²) in [7, 11) is 0. The molecule has 0 aromatic heterocycles. The molecule has 1 aromatic rings. The Morgan fingerprint density at radius 1 is 1.45 bits per heavy atom. The maximum Gasteiger partial charge on any atom is 0.327 e. The van der Waals surface area contributed by atoms with Crippen LogP contribution in [0.1, 0.15) is 6.92 Å². The van der Waals surface area contributed by atoms with Gasteiger partial charge in [-0.2, -0.15) is 11.8 Å². The minimum Gasteiger partial charge on any atom is -0.491 e. The van der Waals surface area contributed by atoms with Crippen molar-refractivity contribution in [2.75, 3.05) is 18.1 Å². The number of carboxylic acids is 1. The molecule has 1 rings (SSSR count). The molecule has 20 heavy (non-hydrogen) atoms. The van der Waals surface area contributed by atoms with Crippen molar-refractivity contribution in [1.82, 2.24) is 5.32 Å². The van der Waals surface area contributed by atoms with E-state index in [0.29, 0.717) is 28.9 Å². The van der Waals surface area contributed by atoms with Gasteiger partial charge in [0.1, 0.15) is 11.8 Å². The van der Waals surface area contributed by atoms with Gasteiger partial charge in [0.15, 0.2) is 0 Å². The standard InChI is InChI=1S/C13H16ClNO4S/c1-9(16)15-11(13(17)18)8-20-7-6-19-12-5-3-2-4-10(12)14/h2-5,11H,6-8H2,1H3,(H,15,16)(H,17,18). The van der Waals surface area contributed by atoms with Gasteiger partial charge in [-0.25, -0.2) is 4.79 Å². The molecular formula is C13H16ClNO4S. The Balaban J connectivity index is 2.25. The van der Waals surface area contributed by atoms with E-state index in [9.17, 15) is 9.59 Å². The number of hydrogen-bond acceptors (Lipinski definition) is 4. The Morgan fingerprint density at radius 2 is 2.15 bits per heavy atom. The normalized spacial score (nSPS) is 11.7. The van der Waals surface area contributed by atoms with Gasteiger partial charge < -0.3 is 15.2 Å². The minimum absolute atomic E-state index is 0.292. The van der Waals surface area contributed by atoms with Crippen LogP contribution in [-0.4, -0.2) is 41.1 Å². The predicted molar refractivity (Wildman–Crippen MR) is 79.5 cm³/mol. The van der Waals surface area contributed by atoms with Crippen molar-refractivity contribution in [3.8, 4) is 5.75 Å². The highest BCUT2D eigenvalue weighted by Crippen LogP contribution is 2.23. The number of amides is 1. The second-order valence-electron chi connectivity index (χ2n) is 3.95. The average Bonchev–Trinajstić information content (AvgIpc) is 2.38. The molecule has 7 heteroatoms. The molecule has 1 unspecified atom stereocenters. The van der Waals surface area contributed by atoms with Crippen LogP contribution < -0.4 is 10.1 Å². The molecule has 0 radical (unpaired) electrons. The second kappa shape index (κ2) is 8.71. The molecule has 0 aliphatic rings. The van der Waals surface area contributed by atoms with Gasteiger partial charge >= 0.3 is 5.97 Å². The van der Waals surface area contributed by atoms with Gasteiger partial charge in [0.2, 0.25) is 5.91 Å². The summed E-state index contributed by atoms with van der Waals surface area (Å²) in [5.41, 5.74) is 0. The molecule has 1 amide bonds. The van der Waals surface area contributed by atoms with E-state index >= 15 is 0 Å². The molecule has 0 saturated carbocycles. The van der Waals surface area contributed by atoms with Crippen LogP contribution in [0.2, 0.25) is 5.02 Å². The van der Waals surface area contributed by atoms with Crippen molar-refractivity contribution in [2.24, 2.45) is 0 Å². The summed E-state index contributed by atoms with van der Waals surface area (Å²) < 4.78 is 5.47. The first-order valence-corrected chi connectivity index (χ1v) is 7.49. The molecule has 2 N–H and O–H groups in total. The lowest BCUT2D eigenvalue weighted by molar-refractivity contribution is -0.140. The number of para-hydroxylation sites is 1. The van der Waals surface area contributed by atoms with E-state index < -0.39 is 12.0 Å². The number of carbonyl (C=O) groups is 2. The maximum absolute atomic E-state index is 10.9. The highest BCUT2D eigenvalue weighted by Gasteiger charge is 2.17.